The van der Waals surface area contributed by atoms with Gasteiger partial charge in [-0.25, -0.2) is 4.79 Å². The van der Waals surface area contributed by atoms with Crippen molar-refractivity contribution in [3.8, 4) is 0 Å². The smallest absolute Gasteiger partial charge is 0.322 e. The van der Waals surface area contributed by atoms with E-state index < -0.39 is 0 Å². The molecule has 0 saturated carbocycles. The topological polar surface area (TPSA) is 26.8 Å². The number of piperazine rings is 1. The van der Waals surface area contributed by atoms with Crippen LogP contribution < -0.4 is 4.90 Å². The van der Waals surface area contributed by atoms with Crippen molar-refractivity contribution in [3.05, 3.63) is 29.8 Å². The van der Waals surface area contributed by atoms with E-state index in [0.29, 0.717) is 0 Å². The van der Waals surface area contributed by atoms with Gasteiger partial charge in [0, 0.05) is 38.4 Å². The lowest BCUT2D eigenvalue weighted by molar-refractivity contribution is 0.142. The van der Waals surface area contributed by atoms with E-state index in [1.165, 1.54) is 24.9 Å². The molecule has 22 heavy (non-hydrogen) atoms. The predicted octanol–water partition coefficient (Wildman–Crippen LogP) is 2.98. The molecule has 2 aliphatic heterocycles. The Labute approximate surface area is 133 Å². The normalized spacial score (nSPS) is 19.1. The molecule has 0 bridgehead atoms. The number of rotatable bonds is 3. The second-order valence-electron chi connectivity index (χ2n) is 6.35. The summed E-state index contributed by atoms with van der Waals surface area (Å²) in [4.78, 5) is 19.4. The van der Waals surface area contributed by atoms with E-state index in [1.807, 2.05) is 15.9 Å². The molecule has 1 saturated heterocycles. The zero-order valence-electron chi connectivity index (χ0n) is 13.6. The summed E-state index contributed by atoms with van der Waals surface area (Å²) in [6, 6.07) is 8.54. The second-order valence-corrected chi connectivity index (χ2v) is 6.35. The molecule has 0 aliphatic carbocycles. The Hall–Kier alpha value is -1.55. The zero-order valence-corrected chi connectivity index (χ0v) is 13.6. The van der Waals surface area contributed by atoms with Crippen LogP contribution in [-0.4, -0.2) is 55.1 Å². The van der Waals surface area contributed by atoms with Gasteiger partial charge in [0.05, 0.1) is 0 Å². The van der Waals surface area contributed by atoms with Gasteiger partial charge in [0.25, 0.3) is 0 Å². The highest BCUT2D eigenvalue weighted by Gasteiger charge is 2.28. The van der Waals surface area contributed by atoms with Gasteiger partial charge in [0.1, 0.15) is 0 Å². The molecule has 2 heterocycles. The molecular formula is C18H27N3O. The molecule has 0 atom stereocenters. The lowest BCUT2D eigenvalue weighted by atomic mass is 10.0. The van der Waals surface area contributed by atoms with E-state index in [-0.39, 0.29) is 6.03 Å². The average molecular weight is 301 g/mol. The predicted molar refractivity (Wildman–Crippen MR) is 90.4 cm³/mol. The monoisotopic (exact) mass is 301 g/mol. The summed E-state index contributed by atoms with van der Waals surface area (Å²) in [6.07, 6.45) is 4.65. The van der Waals surface area contributed by atoms with Crippen LogP contribution in [0.3, 0.4) is 0 Å². The van der Waals surface area contributed by atoms with E-state index in [1.54, 1.807) is 0 Å². The number of hydrogen-bond donors (Lipinski definition) is 0. The molecule has 4 heteroatoms. The molecule has 1 aromatic carbocycles. The van der Waals surface area contributed by atoms with Crippen LogP contribution >= 0.6 is 0 Å². The summed E-state index contributed by atoms with van der Waals surface area (Å²) in [6.45, 7) is 8.01. The van der Waals surface area contributed by atoms with Gasteiger partial charge in [-0.1, -0.05) is 31.5 Å². The Morgan fingerprint density at radius 2 is 1.86 bits per heavy atom. The minimum absolute atomic E-state index is 0.197. The van der Waals surface area contributed by atoms with Crippen LogP contribution in [0, 0.1) is 0 Å². The summed E-state index contributed by atoms with van der Waals surface area (Å²) < 4.78 is 0. The molecule has 0 N–H and O–H groups in total. The highest BCUT2D eigenvalue weighted by Crippen LogP contribution is 2.27. The van der Waals surface area contributed by atoms with Crippen LogP contribution in [0.1, 0.15) is 31.7 Å². The lowest BCUT2D eigenvalue weighted by Gasteiger charge is -2.39. The number of nitrogens with zero attached hydrogens (tertiary/aromatic N) is 3. The Balaban J connectivity index is 1.61. The summed E-state index contributed by atoms with van der Waals surface area (Å²) in [7, 11) is 0. The number of carbonyl (C=O) groups is 1. The highest BCUT2D eigenvalue weighted by atomic mass is 16.2. The number of fused-ring (bicyclic) bond motifs is 1. The van der Waals surface area contributed by atoms with Crippen LogP contribution in [0.5, 0.6) is 0 Å². The van der Waals surface area contributed by atoms with E-state index in [9.17, 15) is 4.79 Å². The van der Waals surface area contributed by atoms with Gasteiger partial charge in [0.2, 0.25) is 0 Å². The molecule has 0 unspecified atom stereocenters. The van der Waals surface area contributed by atoms with Crippen molar-refractivity contribution in [1.82, 2.24) is 9.80 Å². The summed E-state index contributed by atoms with van der Waals surface area (Å²) in [5.41, 5.74) is 2.43. The summed E-state index contributed by atoms with van der Waals surface area (Å²) in [5.74, 6) is 0. The maximum atomic E-state index is 12.9. The van der Waals surface area contributed by atoms with Gasteiger partial charge in [-0.3, -0.25) is 9.80 Å². The van der Waals surface area contributed by atoms with Gasteiger partial charge < -0.3 is 4.90 Å². The van der Waals surface area contributed by atoms with Crippen LogP contribution in [0.15, 0.2) is 24.3 Å². The van der Waals surface area contributed by atoms with Crippen LogP contribution in [0.25, 0.3) is 0 Å². The highest BCUT2D eigenvalue weighted by molar-refractivity contribution is 5.93. The number of urea groups is 1. The molecular weight excluding hydrogens is 274 g/mol. The summed E-state index contributed by atoms with van der Waals surface area (Å²) in [5, 5.41) is 0. The molecule has 0 spiro atoms. The first-order valence-electron chi connectivity index (χ1n) is 8.66. The average Bonchev–Trinajstić information content (AvgIpc) is 2.59. The van der Waals surface area contributed by atoms with Crippen LogP contribution in [0.4, 0.5) is 10.5 Å². The fourth-order valence-corrected chi connectivity index (χ4v) is 3.45. The maximum Gasteiger partial charge on any atom is 0.324 e. The number of anilines is 1. The van der Waals surface area contributed by atoms with Crippen molar-refractivity contribution in [1.29, 1.82) is 0 Å². The number of para-hydroxylation sites is 1. The lowest BCUT2D eigenvalue weighted by Crippen LogP contribution is -2.53. The van der Waals surface area contributed by atoms with Crippen molar-refractivity contribution >= 4 is 11.7 Å². The van der Waals surface area contributed by atoms with Gasteiger partial charge >= 0.3 is 6.03 Å². The van der Waals surface area contributed by atoms with Gasteiger partial charge in [-0.05, 0) is 37.4 Å². The first kappa shape index (κ1) is 15.3. The Kier molecular flexibility index (Phi) is 4.98. The molecule has 3 rings (SSSR count). The number of amides is 2. The van der Waals surface area contributed by atoms with Crippen molar-refractivity contribution in [2.24, 2.45) is 0 Å². The first-order valence-corrected chi connectivity index (χ1v) is 8.66. The van der Waals surface area contributed by atoms with E-state index in [0.717, 1.165) is 51.3 Å². The standard InChI is InChI=1S/C18H27N3O/c1-2-3-10-19-12-14-20(15-13-19)18(22)21-11-6-8-16-7-4-5-9-17(16)21/h4-5,7,9H,2-3,6,8,10-15H2,1H3. The van der Waals surface area contributed by atoms with E-state index >= 15 is 0 Å². The van der Waals surface area contributed by atoms with Gasteiger partial charge in [0.15, 0.2) is 0 Å². The molecule has 4 nitrogen and oxygen atoms in total. The Bertz CT molecular complexity index is 509. The summed E-state index contributed by atoms with van der Waals surface area (Å²) >= 11 is 0. The fourth-order valence-electron chi connectivity index (χ4n) is 3.45. The van der Waals surface area contributed by atoms with Crippen LogP contribution in [-0.2, 0) is 6.42 Å². The largest absolute Gasteiger partial charge is 0.324 e. The van der Waals surface area contributed by atoms with Gasteiger partial charge in [-0.2, -0.15) is 0 Å². The first-order chi connectivity index (χ1) is 10.8. The van der Waals surface area contributed by atoms with Crippen LogP contribution in [0.2, 0.25) is 0 Å². The molecule has 0 radical (unpaired) electrons. The molecule has 2 aliphatic rings. The molecule has 120 valence electrons. The van der Waals surface area contributed by atoms with Gasteiger partial charge in [-0.15, -0.1) is 0 Å². The SMILES string of the molecule is CCCCN1CCN(C(=O)N2CCCc3ccccc32)CC1. The van der Waals surface area contributed by atoms with E-state index in [2.05, 4.69) is 30.0 Å². The number of unbranched alkanes of at least 4 members (excludes halogenated alkanes) is 1. The van der Waals surface area contributed by atoms with Crippen molar-refractivity contribution < 1.29 is 4.79 Å². The second kappa shape index (κ2) is 7.14. The van der Waals surface area contributed by atoms with Crippen molar-refractivity contribution in [2.75, 3.05) is 44.2 Å². The molecule has 0 aromatic heterocycles. The fraction of sp³-hybridized carbons (Fsp3) is 0.611. The third kappa shape index (κ3) is 3.27. The third-order valence-corrected chi connectivity index (χ3v) is 4.81. The third-order valence-electron chi connectivity index (χ3n) is 4.81. The Morgan fingerprint density at radius 3 is 2.64 bits per heavy atom. The van der Waals surface area contributed by atoms with Crippen molar-refractivity contribution in [2.45, 2.75) is 32.6 Å². The number of carbonyl (C=O) groups excluding carboxylic acids is 1. The maximum absolute atomic E-state index is 12.9. The molecule has 1 fully saturated rings. The minimum Gasteiger partial charge on any atom is -0.322 e. The number of benzene rings is 1. The number of aryl methyl sites for hydroxylation is 1. The molecule has 2 amide bonds. The quantitative estimate of drug-likeness (QED) is 0.858. The molecule has 1 aromatic rings. The number of hydrogen-bond acceptors (Lipinski definition) is 2. The Morgan fingerprint density at radius 1 is 1.09 bits per heavy atom. The van der Waals surface area contributed by atoms with Crippen molar-refractivity contribution in [3.63, 3.8) is 0 Å². The minimum atomic E-state index is 0.197. The van der Waals surface area contributed by atoms with E-state index in [4.69, 9.17) is 0 Å². The zero-order chi connectivity index (χ0) is 15.4.